The van der Waals surface area contributed by atoms with Gasteiger partial charge in [-0.3, -0.25) is 0 Å². The van der Waals surface area contributed by atoms with Gasteiger partial charge in [-0.25, -0.2) is 9.97 Å². The molecular formula is C12H20N6O. The molecule has 3 N–H and O–H groups in total. The van der Waals surface area contributed by atoms with Gasteiger partial charge in [-0.1, -0.05) is 5.16 Å². The van der Waals surface area contributed by atoms with Gasteiger partial charge in [0.25, 0.3) is 0 Å². The van der Waals surface area contributed by atoms with Crippen molar-refractivity contribution < 1.29 is 5.21 Å². The molecule has 0 bridgehead atoms. The number of amidine groups is 1. The average Bonchev–Trinajstić information content (AvgIpc) is 2.83. The number of hydrogen-bond acceptors (Lipinski definition) is 6. The van der Waals surface area contributed by atoms with E-state index in [4.69, 9.17) is 10.9 Å². The number of nitrogens with two attached hydrogens (primary N) is 1. The van der Waals surface area contributed by atoms with Crippen LogP contribution in [0.2, 0.25) is 0 Å². The first-order valence-corrected chi connectivity index (χ1v) is 6.30. The molecule has 0 saturated carbocycles. The molecule has 0 aromatic carbocycles. The summed E-state index contributed by atoms with van der Waals surface area (Å²) in [4.78, 5) is 12.9. The van der Waals surface area contributed by atoms with Crippen molar-refractivity contribution in [2.75, 3.05) is 38.6 Å². The standard InChI is InChI=1S/C12H20N6O/c1-17-6-4-9(7-17)8-18(2)12-14-5-3-10(15-12)11(13)16-19/h3,5,9,19H,4,6-8H2,1-2H3,(H2,13,16). The summed E-state index contributed by atoms with van der Waals surface area (Å²) in [7, 11) is 4.10. The lowest BCUT2D eigenvalue weighted by molar-refractivity contribution is 0.318. The highest BCUT2D eigenvalue weighted by molar-refractivity contribution is 5.95. The first-order chi connectivity index (χ1) is 9.10. The van der Waals surface area contributed by atoms with Gasteiger partial charge in [0.2, 0.25) is 5.95 Å². The molecule has 7 nitrogen and oxygen atoms in total. The second-order valence-electron chi connectivity index (χ2n) is 5.02. The van der Waals surface area contributed by atoms with Gasteiger partial charge in [0.05, 0.1) is 0 Å². The zero-order chi connectivity index (χ0) is 13.8. The maximum Gasteiger partial charge on any atom is 0.225 e. The molecule has 1 fully saturated rings. The number of likely N-dealkylation sites (tertiary alicyclic amines) is 1. The quantitative estimate of drug-likeness (QED) is 0.343. The molecule has 1 aromatic heterocycles. The number of hydrogen-bond donors (Lipinski definition) is 2. The maximum absolute atomic E-state index is 8.66. The fourth-order valence-corrected chi connectivity index (χ4v) is 2.37. The van der Waals surface area contributed by atoms with Crippen LogP contribution in [-0.4, -0.2) is 59.6 Å². The van der Waals surface area contributed by atoms with Gasteiger partial charge < -0.3 is 20.7 Å². The van der Waals surface area contributed by atoms with Crippen LogP contribution in [0.5, 0.6) is 0 Å². The Hall–Kier alpha value is -1.89. The third-order valence-electron chi connectivity index (χ3n) is 3.38. The second kappa shape index (κ2) is 5.83. The Kier molecular flexibility index (Phi) is 4.16. The molecule has 7 heteroatoms. The minimum atomic E-state index is -0.00218. The average molecular weight is 264 g/mol. The van der Waals surface area contributed by atoms with Crippen molar-refractivity contribution in [3.63, 3.8) is 0 Å². The molecule has 1 atom stereocenters. The summed E-state index contributed by atoms with van der Waals surface area (Å²) in [5, 5.41) is 11.6. The summed E-state index contributed by atoms with van der Waals surface area (Å²) in [6.45, 7) is 3.15. The number of anilines is 1. The van der Waals surface area contributed by atoms with Crippen molar-refractivity contribution in [3.8, 4) is 0 Å². The van der Waals surface area contributed by atoms with E-state index in [-0.39, 0.29) is 5.84 Å². The van der Waals surface area contributed by atoms with E-state index in [1.54, 1.807) is 12.3 Å². The SMILES string of the molecule is CN1CCC(CN(C)c2nccc(/C(N)=N/O)n2)C1. The Morgan fingerprint density at radius 2 is 2.47 bits per heavy atom. The van der Waals surface area contributed by atoms with Crippen LogP contribution in [0.15, 0.2) is 17.4 Å². The van der Waals surface area contributed by atoms with Crippen LogP contribution in [0.1, 0.15) is 12.1 Å². The highest BCUT2D eigenvalue weighted by atomic mass is 16.4. The molecule has 2 heterocycles. The van der Waals surface area contributed by atoms with Crippen LogP contribution in [0.4, 0.5) is 5.95 Å². The number of oxime groups is 1. The molecule has 0 aliphatic carbocycles. The minimum absolute atomic E-state index is 0.00218. The van der Waals surface area contributed by atoms with E-state index in [1.807, 2.05) is 11.9 Å². The molecule has 2 rings (SSSR count). The predicted molar refractivity (Wildman–Crippen MR) is 73.4 cm³/mol. The largest absolute Gasteiger partial charge is 0.409 e. The second-order valence-corrected chi connectivity index (χ2v) is 5.02. The fourth-order valence-electron chi connectivity index (χ4n) is 2.37. The Morgan fingerprint density at radius 1 is 1.68 bits per heavy atom. The molecule has 0 radical (unpaired) electrons. The molecule has 1 aliphatic heterocycles. The van der Waals surface area contributed by atoms with Crippen molar-refractivity contribution >= 4 is 11.8 Å². The van der Waals surface area contributed by atoms with E-state index < -0.39 is 0 Å². The highest BCUT2D eigenvalue weighted by Crippen LogP contribution is 2.17. The predicted octanol–water partition coefficient (Wildman–Crippen LogP) is -0.0410. The maximum atomic E-state index is 8.66. The topological polar surface area (TPSA) is 90.9 Å². The molecule has 1 unspecified atom stereocenters. The zero-order valence-electron chi connectivity index (χ0n) is 11.3. The first-order valence-electron chi connectivity index (χ1n) is 6.30. The van der Waals surface area contributed by atoms with Gasteiger partial charge in [0.1, 0.15) is 5.69 Å². The Bertz CT molecular complexity index is 463. The molecule has 1 aromatic rings. The number of nitrogens with zero attached hydrogens (tertiary/aromatic N) is 5. The van der Waals surface area contributed by atoms with Crippen LogP contribution >= 0.6 is 0 Å². The number of rotatable bonds is 4. The third-order valence-corrected chi connectivity index (χ3v) is 3.38. The Balaban J connectivity index is 2.04. The van der Waals surface area contributed by atoms with Crippen molar-refractivity contribution in [3.05, 3.63) is 18.0 Å². The van der Waals surface area contributed by atoms with Gasteiger partial charge in [-0.05, 0) is 32.0 Å². The molecule has 1 saturated heterocycles. The van der Waals surface area contributed by atoms with Crippen LogP contribution in [0, 0.1) is 5.92 Å². The lowest BCUT2D eigenvalue weighted by atomic mass is 10.1. The molecule has 0 spiro atoms. The van der Waals surface area contributed by atoms with Crippen molar-refractivity contribution in [2.45, 2.75) is 6.42 Å². The van der Waals surface area contributed by atoms with Crippen LogP contribution in [0.25, 0.3) is 0 Å². The lowest BCUT2D eigenvalue weighted by Crippen LogP contribution is -2.29. The fraction of sp³-hybridized carbons (Fsp3) is 0.583. The molecular weight excluding hydrogens is 244 g/mol. The minimum Gasteiger partial charge on any atom is -0.409 e. The van der Waals surface area contributed by atoms with Crippen LogP contribution < -0.4 is 10.6 Å². The van der Waals surface area contributed by atoms with Gasteiger partial charge >= 0.3 is 0 Å². The lowest BCUT2D eigenvalue weighted by Gasteiger charge is -2.21. The summed E-state index contributed by atoms with van der Waals surface area (Å²) in [5.74, 6) is 1.22. The first kappa shape index (κ1) is 13.5. The van der Waals surface area contributed by atoms with Crippen LogP contribution in [-0.2, 0) is 0 Å². The van der Waals surface area contributed by atoms with Crippen LogP contribution in [0.3, 0.4) is 0 Å². The third kappa shape index (κ3) is 3.31. The molecule has 0 amide bonds. The van der Waals surface area contributed by atoms with Crippen molar-refractivity contribution in [2.24, 2.45) is 16.8 Å². The van der Waals surface area contributed by atoms with Gasteiger partial charge in [0, 0.05) is 26.3 Å². The Labute approximate surface area is 112 Å². The summed E-state index contributed by atoms with van der Waals surface area (Å²) < 4.78 is 0. The monoisotopic (exact) mass is 264 g/mol. The summed E-state index contributed by atoms with van der Waals surface area (Å²) in [6.07, 6.45) is 2.81. The van der Waals surface area contributed by atoms with E-state index in [2.05, 4.69) is 27.1 Å². The Morgan fingerprint density at radius 3 is 3.11 bits per heavy atom. The van der Waals surface area contributed by atoms with E-state index in [1.165, 1.54) is 6.42 Å². The molecule has 19 heavy (non-hydrogen) atoms. The summed E-state index contributed by atoms with van der Waals surface area (Å²) in [6, 6.07) is 1.62. The highest BCUT2D eigenvalue weighted by Gasteiger charge is 2.21. The zero-order valence-corrected chi connectivity index (χ0v) is 11.3. The summed E-state index contributed by atoms with van der Waals surface area (Å²) >= 11 is 0. The summed E-state index contributed by atoms with van der Waals surface area (Å²) in [5.41, 5.74) is 5.96. The van der Waals surface area contributed by atoms with Gasteiger partial charge in [-0.2, -0.15) is 0 Å². The van der Waals surface area contributed by atoms with E-state index in [0.29, 0.717) is 17.6 Å². The van der Waals surface area contributed by atoms with E-state index in [0.717, 1.165) is 19.6 Å². The normalized spacial score (nSPS) is 20.7. The van der Waals surface area contributed by atoms with E-state index >= 15 is 0 Å². The smallest absolute Gasteiger partial charge is 0.225 e. The van der Waals surface area contributed by atoms with E-state index in [9.17, 15) is 0 Å². The molecule has 104 valence electrons. The van der Waals surface area contributed by atoms with Crippen molar-refractivity contribution in [1.29, 1.82) is 0 Å². The van der Waals surface area contributed by atoms with Gasteiger partial charge in [0.15, 0.2) is 5.84 Å². The van der Waals surface area contributed by atoms with Crippen molar-refractivity contribution in [1.82, 2.24) is 14.9 Å². The number of aromatic nitrogens is 2. The molecule has 1 aliphatic rings. The van der Waals surface area contributed by atoms with Gasteiger partial charge in [-0.15, -0.1) is 0 Å².